The maximum Gasteiger partial charge on any atom is 0.234 e. The Kier molecular flexibility index (Phi) is 8.01. The highest BCUT2D eigenvalue weighted by Gasteiger charge is 2.27. The van der Waals surface area contributed by atoms with E-state index in [1.165, 1.54) is 32.1 Å². The molecule has 0 aromatic carbocycles. The van der Waals surface area contributed by atoms with Crippen LogP contribution in [0.15, 0.2) is 0 Å². The molecule has 0 saturated heterocycles. The number of hydrogen-bond donors (Lipinski definition) is 2. The minimum Gasteiger partial charge on any atom is -0.383 e. The third kappa shape index (κ3) is 5.83. The van der Waals surface area contributed by atoms with Crippen LogP contribution in [0.3, 0.4) is 0 Å². The van der Waals surface area contributed by atoms with Crippen LogP contribution in [-0.2, 0) is 9.53 Å². The molecule has 0 bridgehead atoms. The van der Waals surface area contributed by atoms with Gasteiger partial charge in [-0.2, -0.15) is 0 Å². The fourth-order valence-electron chi connectivity index (χ4n) is 2.33. The van der Waals surface area contributed by atoms with Crippen LogP contribution < -0.4 is 10.6 Å². The van der Waals surface area contributed by atoms with E-state index in [-0.39, 0.29) is 5.91 Å². The smallest absolute Gasteiger partial charge is 0.234 e. The highest BCUT2D eigenvalue weighted by Crippen LogP contribution is 2.31. The minimum atomic E-state index is 0.124. The summed E-state index contributed by atoms with van der Waals surface area (Å²) in [6.07, 6.45) is 7.43. The molecule has 2 N–H and O–H groups in total. The van der Waals surface area contributed by atoms with Crippen molar-refractivity contribution in [3.05, 3.63) is 0 Å². The minimum absolute atomic E-state index is 0.124. The Labute approximate surface area is 111 Å². The Hall–Kier alpha value is -0.610. The van der Waals surface area contributed by atoms with Gasteiger partial charge in [0.15, 0.2) is 0 Å². The van der Waals surface area contributed by atoms with Crippen LogP contribution in [0.5, 0.6) is 0 Å². The second-order valence-corrected chi connectivity index (χ2v) is 5.18. The summed E-state index contributed by atoms with van der Waals surface area (Å²) >= 11 is 0. The number of carbonyl (C=O) groups is 1. The lowest BCUT2D eigenvalue weighted by molar-refractivity contribution is -0.121. The molecule has 4 heteroatoms. The molecule has 1 unspecified atom stereocenters. The van der Waals surface area contributed by atoms with Crippen LogP contribution in [0.2, 0.25) is 0 Å². The SMILES string of the molecule is CCCCC(NC(=O)CNCCOC)C1CCC1. The number of ether oxygens (including phenoxy) is 1. The van der Waals surface area contributed by atoms with E-state index in [1.807, 2.05) is 0 Å². The highest BCUT2D eigenvalue weighted by molar-refractivity contribution is 5.78. The number of nitrogens with one attached hydrogen (secondary N) is 2. The summed E-state index contributed by atoms with van der Waals surface area (Å²) in [5.41, 5.74) is 0. The Bertz CT molecular complexity index is 230. The topological polar surface area (TPSA) is 50.4 Å². The summed E-state index contributed by atoms with van der Waals surface area (Å²) in [5, 5.41) is 6.27. The molecule has 106 valence electrons. The van der Waals surface area contributed by atoms with E-state index < -0.39 is 0 Å². The van der Waals surface area contributed by atoms with Crippen LogP contribution >= 0.6 is 0 Å². The molecule has 18 heavy (non-hydrogen) atoms. The van der Waals surface area contributed by atoms with Gasteiger partial charge in [-0.1, -0.05) is 26.2 Å². The van der Waals surface area contributed by atoms with Gasteiger partial charge in [-0.05, 0) is 25.2 Å². The monoisotopic (exact) mass is 256 g/mol. The number of amides is 1. The van der Waals surface area contributed by atoms with Crippen molar-refractivity contribution in [2.45, 2.75) is 51.5 Å². The molecular weight excluding hydrogens is 228 g/mol. The summed E-state index contributed by atoms with van der Waals surface area (Å²) in [6.45, 7) is 3.98. The second kappa shape index (κ2) is 9.34. The van der Waals surface area contributed by atoms with Gasteiger partial charge in [-0.3, -0.25) is 4.79 Å². The predicted octanol–water partition coefficient (Wildman–Crippen LogP) is 1.70. The first-order valence-corrected chi connectivity index (χ1v) is 7.27. The fraction of sp³-hybridized carbons (Fsp3) is 0.929. The average Bonchev–Trinajstić information content (AvgIpc) is 2.29. The van der Waals surface area contributed by atoms with Gasteiger partial charge in [0.25, 0.3) is 0 Å². The number of carbonyl (C=O) groups excluding carboxylic acids is 1. The third-order valence-corrected chi connectivity index (χ3v) is 3.70. The molecule has 0 aliphatic heterocycles. The van der Waals surface area contributed by atoms with E-state index in [0.717, 1.165) is 18.9 Å². The zero-order chi connectivity index (χ0) is 13.2. The number of rotatable bonds is 10. The van der Waals surface area contributed by atoms with Crippen molar-refractivity contribution in [2.75, 3.05) is 26.8 Å². The molecule has 1 atom stereocenters. The van der Waals surface area contributed by atoms with Crippen LogP contribution in [0.25, 0.3) is 0 Å². The summed E-state index contributed by atoms with van der Waals surface area (Å²) in [7, 11) is 1.67. The van der Waals surface area contributed by atoms with Gasteiger partial charge >= 0.3 is 0 Å². The molecule has 4 nitrogen and oxygen atoms in total. The van der Waals surface area contributed by atoms with Gasteiger partial charge in [0.05, 0.1) is 13.2 Å². The highest BCUT2D eigenvalue weighted by atomic mass is 16.5. The van der Waals surface area contributed by atoms with Crippen LogP contribution in [-0.4, -0.2) is 38.8 Å². The molecule has 1 aliphatic carbocycles. The van der Waals surface area contributed by atoms with E-state index >= 15 is 0 Å². The van der Waals surface area contributed by atoms with Crippen molar-refractivity contribution in [2.24, 2.45) is 5.92 Å². The van der Waals surface area contributed by atoms with Crippen molar-refractivity contribution in [3.63, 3.8) is 0 Å². The van der Waals surface area contributed by atoms with Gasteiger partial charge < -0.3 is 15.4 Å². The summed E-state index contributed by atoms with van der Waals surface area (Å²) in [5.74, 6) is 0.846. The Morgan fingerprint density at radius 3 is 2.78 bits per heavy atom. The number of hydrogen-bond acceptors (Lipinski definition) is 3. The van der Waals surface area contributed by atoms with Gasteiger partial charge in [0.2, 0.25) is 5.91 Å². The van der Waals surface area contributed by atoms with E-state index in [0.29, 0.717) is 19.2 Å². The van der Waals surface area contributed by atoms with Gasteiger partial charge in [0, 0.05) is 19.7 Å². The maximum absolute atomic E-state index is 11.8. The van der Waals surface area contributed by atoms with Crippen molar-refractivity contribution in [1.82, 2.24) is 10.6 Å². The molecule has 1 amide bonds. The Balaban J connectivity index is 2.19. The molecule has 1 saturated carbocycles. The average molecular weight is 256 g/mol. The largest absolute Gasteiger partial charge is 0.383 e. The summed E-state index contributed by atoms with van der Waals surface area (Å²) in [6, 6.07) is 0.399. The Morgan fingerprint density at radius 1 is 1.44 bits per heavy atom. The van der Waals surface area contributed by atoms with Crippen molar-refractivity contribution in [3.8, 4) is 0 Å². The summed E-state index contributed by atoms with van der Waals surface area (Å²) in [4.78, 5) is 11.8. The summed E-state index contributed by atoms with van der Waals surface area (Å²) < 4.78 is 4.93. The molecule has 0 heterocycles. The number of unbranched alkanes of at least 4 members (excludes halogenated alkanes) is 1. The third-order valence-electron chi connectivity index (χ3n) is 3.70. The van der Waals surface area contributed by atoms with E-state index in [4.69, 9.17) is 4.74 Å². The lowest BCUT2D eigenvalue weighted by atomic mass is 9.78. The predicted molar refractivity (Wildman–Crippen MR) is 73.5 cm³/mol. The first-order valence-electron chi connectivity index (χ1n) is 7.27. The van der Waals surface area contributed by atoms with Gasteiger partial charge in [0.1, 0.15) is 0 Å². The van der Waals surface area contributed by atoms with Crippen LogP contribution in [0.1, 0.15) is 45.4 Å². The molecule has 1 aliphatic rings. The van der Waals surface area contributed by atoms with E-state index in [1.54, 1.807) is 7.11 Å². The zero-order valence-electron chi connectivity index (χ0n) is 11.8. The molecular formula is C14H28N2O2. The molecule has 0 aromatic rings. The van der Waals surface area contributed by atoms with Gasteiger partial charge in [-0.25, -0.2) is 0 Å². The van der Waals surface area contributed by atoms with Crippen molar-refractivity contribution in [1.29, 1.82) is 0 Å². The maximum atomic E-state index is 11.8. The standard InChI is InChI=1S/C14H28N2O2/c1-3-4-8-13(12-6-5-7-12)16-14(17)11-15-9-10-18-2/h12-13,15H,3-11H2,1-2H3,(H,16,17). The first-order chi connectivity index (χ1) is 8.77. The molecule has 0 radical (unpaired) electrons. The van der Waals surface area contributed by atoms with Crippen LogP contribution in [0, 0.1) is 5.92 Å². The van der Waals surface area contributed by atoms with Crippen molar-refractivity contribution >= 4 is 5.91 Å². The molecule has 0 spiro atoms. The number of methoxy groups -OCH3 is 1. The second-order valence-electron chi connectivity index (χ2n) is 5.18. The van der Waals surface area contributed by atoms with Crippen molar-refractivity contribution < 1.29 is 9.53 Å². The van der Waals surface area contributed by atoms with Gasteiger partial charge in [-0.15, -0.1) is 0 Å². The van der Waals surface area contributed by atoms with Crippen LogP contribution in [0.4, 0.5) is 0 Å². The van der Waals surface area contributed by atoms with E-state index in [2.05, 4.69) is 17.6 Å². The van der Waals surface area contributed by atoms with E-state index in [9.17, 15) is 4.79 Å². The zero-order valence-corrected chi connectivity index (χ0v) is 11.8. The lowest BCUT2D eigenvalue weighted by Gasteiger charge is -2.34. The molecule has 1 fully saturated rings. The molecule has 0 aromatic heterocycles. The molecule has 1 rings (SSSR count). The lowest BCUT2D eigenvalue weighted by Crippen LogP contribution is -2.46. The normalized spacial score (nSPS) is 17.2. The first kappa shape index (κ1) is 15.4. The Morgan fingerprint density at radius 2 is 2.22 bits per heavy atom. The quantitative estimate of drug-likeness (QED) is 0.585. The fourth-order valence-corrected chi connectivity index (χ4v) is 2.33.